The van der Waals surface area contributed by atoms with Gasteiger partial charge in [0.2, 0.25) is 5.78 Å². The Morgan fingerprint density at radius 3 is 2.03 bits per heavy atom. The average Bonchev–Trinajstić information content (AvgIpc) is 2.92. The van der Waals surface area contributed by atoms with Crippen LogP contribution in [0.3, 0.4) is 0 Å². The highest BCUT2D eigenvalue weighted by molar-refractivity contribution is 6.10. The van der Waals surface area contributed by atoms with Crippen LogP contribution in [0.25, 0.3) is 6.08 Å². The maximum atomic E-state index is 13.6. The van der Waals surface area contributed by atoms with Gasteiger partial charge in [0, 0.05) is 11.1 Å². The second kappa shape index (κ2) is 15.6. The van der Waals surface area contributed by atoms with E-state index in [0.29, 0.717) is 11.5 Å². The van der Waals surface area contributed by atoms with E-state index in [9.17, 15) is 9.90 Å². The van der Waals surface area contributed by atoms with E-state index in [1.54, 1.807) is 13.2 Å². The van der Waals surface area contributed by atoms with Crippen molar-refractivity contribution in [1.29, 1.82) is 0 Å². The molecule has 3 heteroatoms. The van der Waals surface area contributed by atoms with Crippen LogP contribution in [-0.4, -0.2) is 18.0 Å². The molecule has 0 amide bonds. The molecule has 0 saturated carbocycles. The summed E-state index contributed by atoms with van der Waals surface area (Å²) in [4.78, 5) is 13.6. The Kier molecular flexibility index (Phi) is 13.0. The van der Waals surface area contributed by atoms with Crippen LogP contribution in [0.4, 0.5) is 0 Å². The van der Waals surface area contributed by atoms with Crippen molar-refractivity contribution in [1.82, 2.24) is 0 Å². The molecule has 3 atom stereocenters. The van der Waals surface area contributed by atoms with Crippen LogP contribution in [0, 0.1) is 0 Å². The zero-order valence-corrected chi connectivity index (χ0v) is 24.4. The van der Waals surface area contributed by atoms with Crippen molar-refractivity contribution >= 4 is 11.9 Å². The molecule has 0 bridgehead atoms. The first-order chi connectivity index (χ1) is 17.8. The maximum absolute atomic E-state index is 13.6. The Bertz CT molecular complexity index is 1020. The molecule has 0 fully saturated rings. The molecule has 37 heavy (non-hydrogen) atoms. The first kappa shape index (κ1) is 30.7. The normalized spacial score (nSPS) is 14.3. The third-order valence-electron chi connectivity index (χ3n) is 7.71. The monoisotopic (exact) mass is 506 g/mol. The van der Waals surface area contributed by atoms with Crippen LogP contribution in [0.15, 0.2) is 42.2 Å². The summed E-state index contributed by atoms with van der Waals surface area (Å²) in [5.41, 5.74) is 4.77. The molecule has 0 radical (unpaired) electrons. The maximum Gasteiger partial charge on any atom is 0.227 e. The van der Waals surface area contributed by atoms with Crippen molar-refractivity contribution in [3.05, 3.63) is 70.0 Å². The zero-order valence-electron chi connectivity index (χ0n) is 24.4. The lowest BCUT2D eigenvalue weighted by Gasteiger charge is -2.22. The molecule has 0 aliphatic heterocycles. The summed E-state index contributed by atoms with van der Waals surface area (Å²) in [7, 11) is 1.72. The molecule has 3 nitrogen and oxygen atoms in total. The number of hydrogen-bond donors (Lipinski definition) is 1. The van der Waals surface area contributed by atoms with E-state index in [2.05, 4.69) is 53.7 Å². The molecule has 2 aromatic rings. The minimum absolute atomic E-state index is 0.209. The van der Waals surface area contributed by atoms with Gasteiger partial charge in [-0.15, -0.1) is 0 Å². The minimum atomic E-state index is -0.311. The van der Waals surface area contributed by atoms with Gasteiger partial charge in [-0.05, 0) is 65.8 Å². The third kappa shape index (κ3) is 8.48. The van der Waals surface area contributed by atoms with Crippen LogP contribution in [0.1, 0.15) is 150 Å². The van der Waals surface area contributed by atoms with Crippen molar-refractivity contribution in [2.75, 3.05) is 7.11 Å². The quantitative estimate of drug-likeness (QED) is 0.140. The number of unbranched alkanes of at least 4 members (excludes halogenated alkanes) is 3. The van der Waals surface area contributed by atoms with Gasteiger partial charge >= 0.3 is 0 Å². The minimum Gasteiger partial charge on any atom is -0.504 e. The fraction of sp³-hybridized carbons (Fsp3) is 0.559. The molecule has 3 unspecified atom stereocenters. The molecule has 0 spiro atoms. The molecular weight excluding hydrogens is 456 g/mol. The number of ether oxygens (including phenoxy) is 1. The number of carbonyl (C=O) groups excluding carboxylic acids is 1. The predicted molar refractivity (Wildman–Crippen MR) is 158 cm³/mol. The van der Waals surface area contributed by atoms with E-state index < -0.39 is 0 Å². The fourth-order valence-corrected chi connectivity index (χ4v) is 5.25. The Balaban J connectivity index is 2.57. The van der Waals surface area contributed by atoms with Crippen molar-refractivity contribution in [3.63, 3.8) is 0 Å². The van der Waals surface area contributed by atoms with Gasteiger partial charge in [-0.3, -0.25) is 4.79 Å². The van der Waals surface area contributed by atoms with E-state index >= 15 is 0 Å². The Labute approximate surface area is 226 Å². The van der Waals surface area contributed by atoms with Gasteiger partial charge in [0.05, 0.1) is 7.11 Å². The van der Waals surface area contributed by atoms with Gasteiger partial charge in [-0.1, -0.05) is 110 Å². The van der Waals surface area contributed by atoms with Crippen LogP contribution >= 0.6 is 0 Å². The number of aliphatic hydroxyl groups excluding tert-OH is 1. The largest absolute Gasteiger partial charge is 0.504 e. The predicted octanol–water partition coefficient (Wildman–Crippen LogP) is 10.4. The van der Waals surface area contributed by atoms with Crippen LogP contribution in [-0.2, 0) is 0 Å². The summed E-state index contributed by atoms with van der Waals surface area (Å²) >= 11 is 0. The number of hydrogen-bond acceptors (Lipinski definition) is 3. The lowest BCUT2D eigenvalue weighted by Crippen LogP contribution is -2.10. The van der Waals surface area contributed by atoms with Crippen LogP contribution < -0.4 is 4.74 Å². The number of ketones is 1. The summed E-state index contributed by atoms with van der Waals surface area (Å²) in [6.07, 6.45) is 11.7. The highest BCUT2D eigenvalue weighted by Gasteiger charge is 2.22. The smallest absolute Gasteiger partial charge is 0.227 e. The Morgan fingerprint density at radius 2 is 1.43 bits per heavy atom. The number of methoxy groups -OCH3 is 1. The molecule has 0 saturated heterocycles. The van der Waals surface area contributed by atoms with Crippen molar-refractivity contribution in [2.24, 2.45) is 0 Å². The summed E-state index contributed by atoms with van der Waals surface area (Å²) in [5.74, 6) is 1.23. The standard InChI is InChI=1S/C34H50O3/c1-8-11-16-24(4)27-21-28(33(32(23-27)37-7)26(6)18-13-10-3)22-31(35)34(36)30-20-15-14-19-29(30)25(5)17-12-9-2/h14-15,19-26,35H,8-13,16-18H2,1-7H3. The van der Waals surface area contributed by atoms with Gasteiger partial charge in [-0.2, -0.15) is 0 Å². The van der Waals surface area contributed by atoms with E-state index in [4.69, 9.17) is 4.74 Å². The molecule has 0 heterocycles. The van der Waals surface area contributed by atoms with Crippen molar-refractivity contribution in [2.45, 2.75) is 117 Å². The molecule has 1 N–H and O–H groups in total. The Hall–Kier alpha value is -2.55. The lowest BCUT2D eigenvalue weighted by molar-refractivity contribution is 0.0979. The molecule has 0 aromatic heterocycles. The van der Waals surface area contributed by atoms with Gasteiger partial charge in [0.25, 0.3) is 0 Å². The topological polar surface area (TPSA) is 46.5 Å². The number of aliphatic hydroxyl groups is 1. The third-order valence-corrected chi connectivity index (χ3v) is 7.71. The highest BCUT2D eigenvalue weighted by Crippen LogP contribution is 2.38. The van der Waals surface area contributed by atoms with E-state index in [0.717, 1.165) is 73.8 Å². The molecule has 0 aliphatic carbocycles. The van der Waals surface area contributed by atoms with Gasteiger partial charge in [0.1, 0.15) is 5.75 Å². The van der Waals surface area contributed by atoms with Gasteiger partial charge < -0.3 is 9.84 Å². The van der Waals surface area contributed by atoms with Crippen LogP contribution in [0.2, 0.25) is 0 Å². The molecule has 204 valence electrons. The molecular formula is C34H50O3. The fourth-order valence-electron chi connectivity index (χ4n) is 5.25. The molecule has 2 rings (SSSR count). The number of Topliss-reactive ketones (excluding diaryl/α,β-unsaturated/α-hetero) is 1. The highest BCUT2D eigenvalue weighted by atomic mass is 16.5. The number of rotatable bonds is 16. The molecule has 0 aliphatic rings. The van der Waals surface area contributed by atoms with E-state index in [-0.39, 0.29) is 23.4 Å². The van der Waals surface area contributed by atoms with E-state index in [1.165, 1.54) is 12.0 Å². The van der Waals surface area contributed by atoms with E-state index in [1.807, 2.05) is 24.3 Å². The second-order valence-corrected chi connectivity index (χ2v) is 10.8. The number of benzene rings is 2. The summed E-state index contributed by atoms with van der Waals surface area (Å²) in [5, 5.41) is 11.2. The SMILES string of the molecule is CCCCC(C)c1cc(C=C(O)C(=O)c2ccccc2C(C)CCCC)c(C(C)CCCC)c(OC)c1. The second-order valence-electron chi connectivity index (χ2n) is 10.8. The summed E-state index contributed by atoms with van der Waals surface area (Å²) < 4.78 is 5.90. The summed E-state index contributed by atoms with van der Waals surface area (Å²) in [6, 6.07) is 12.1. The summed E-state index contributed by atoms with van der Waals surface area (Å²) in [6.45, 7) is 13.2. The van der Waals surface area contributed by atoms with Gasteiger partial charge in [-0.25, -0.2) is 0 Å². The Morgan fingerprint density at radius 1 is 0.865 bits per heavy atom. The van der Waals surface area contributed by atoms with Crippen molar-refractivity contribution < 1.29 is 14.6 Å². The number of carbonyl (C=O) groups is 1. The van der Waals surface area contributed by atoms with Crippen LogP contribution in [0.5, 0.6) is 5.75 Å². The van der Waals surface area contributed by atoms with Gasteiger partial charge in [0.15, 0.2) is 5.76 Å². The first-order valence-corrected chi connectivity index (χ1v) is 14.5. The first-order valence-electron chi connectivity index (χ1n) is 14.5. The number of allylic oxidation sites excluding steroid dienone is 1. The zero-order chi connectivity index (χ0) is 27.4. The average molecular weight is 507 g/mol. The molecule has 2 aromatic carbocycles. The van der Waals surface area contributed by atoms with Crippen molar-refractivity contribution in [3.8, 4) is 5.75 Å². The lowest BCUT2D eigenvalue weighted by atomic mass is 9.85.